The molecule has 2 N–H and O–H groups in total. The number of aromatic hydroxyl groups is 1. The molecule has 0 saturated heterocycles. The monoisotopic (exact) mass is 307 g/mol. The predicted octanol–water partition coefficient (Wildman–Crippen LogP) is 3.06. The maximum Gasteiger partial charge on any atom is 0.201 e. The second kappa shape index (κ2) is 6.41. The smallest absolute Gasteiger partial charge is 0.201 e. The van der Waals surface area contributed by atoms with E-state index >= 15 is 0 Å². The normalized spacial score (nSPS) is 9.18. The molecule has 0 aliphatic heterocycles. The van der Waals surface area contributed by atoms with Crippen LogP contribution in [0.25, 0.3) is 11.3 Å². The fourth-order valence-electron chi connectivity index (χ4n) is 1.66. The molecule has 1 aromatic heterocycles. The summed E-state index contributed by atoms with van der Waals surface area (Å²) in [5.41, 5.74) is 1.65. The lowest BCUT2D eigenvalue weighted by Gasteiger charge is -1.99. The average molecular weight is 307 g/mol. The van der Waals surface area contributed by atoms with Crippen molar-refractivity contribution in [3.05, 3.63) is 41.1 Å². The van der Waals surface area contributed by atoms with E-state index in [0.29, 0.717) is 5.69 Å². The third-order valence-corrected chi connectivity index (χ3v) is 3.53. The Morgan fingerprint density at radius 1 is 1.14 bits per heavy atom. The number of thiazole rings is 1. The standard InChI is InChI=1S/C15H9N5OS/c1-9-2-4-10(5-3-9)13-14(21)22-15(20-13)19-12(8-18)11(6-16)7-17/h2-5,21H,1H3,(H,19,20). The van der Waals surface area contributed by atoms with Gasteiger partial charge in [0, 0.05) is 5.56 Å². The van der Waals surface area contributed by atoms with Crippen LogP contribution < -0.4 is 5.32 Å². The lowest BCUT2D eigenvalue weighted by Crippen LogP contribution is -2.00. The maximum absolute atomic E-state index is 9.98. The Hall–Kier alpha value is -3.34. The van der Waals surface area contributed by atoms with Crippen molar-refractivity contribution in [1.82, 2.24) is 4.98 Å². The summed E-state index contributed by atoms with van der Waals surface area (Å²) < 4.78 is 0. The number of hydrogen-bond donors (Lipinski definition) is 2. The number of benzene rings is 1. The number of anilines is 1. The first-order chi connectivity index (χ1) is 10.6. The maximum atomic E-state index is 9.98. The fraction of sp³-hybridized carbons (Fsp3) is 0.0667. The van der Waals surface area contributed by atoms with Crippen molar-refractivity contribution in [3.8, 4) is 34.5 Å². The number of rotatable bonds is 3. The van der Waals surface area contributed by atoms with Crippen LogP contribution in [0.3, 0.4) is 0 Å². The van der Waals surface area contributed by atoms with Crippen molar-refractivity contribution in [3.63, 3.8) is 0 Å². The van der Waals surface area contributed by atoms with Crippen LogP contribution in [0.4, 0.5) is 5.13 Å². The Bertz CT molecular complexity index is 843. The third-order valence-electron chi connectivity index (χ3n) is 2.75. The molecule has 6 nitrogen and oxygen atoms in total. The van der Waals surface area contributed by atoms with Crippen LogP contribution in [-0.4, -0.2) is 10.1 Å². The Labute approximate surface area is 130 Å². The highest BCUT2D eigenvalue weighted by Crippen LogP contribution is 2.37. The number of nitrogens with one attached hydrogen (secondary N) is 1. The minimum atomic E-state index is -0.339. The number of aryl methyl sites for hydroxylation is 1. The summed E-state index contributed by atoms with van der Waals surface area (Å²) in [7, 11) is 0. The molecule has 106 valence electrons. The van der Waals surface area contributed by atoms with Gasteiger partial charge in [0.1, 0.15) is 29.6 Å². The molecule has 0 atom stereocenters. The molecule has 0 fully saturated rings. The topological polar surface area (TPSA) is 117 Å². The van der Waals surface area contributed by atoms with Crippen LogP contribution in [0.15, 0.2) is 35.5 Å². The minimum absolute atomic E-state index is 0.0147. The van der Waals surface area contributed by atoms with Gasteiger partial charge in [-0.1, -0.05) is 41.2 Å². The summed E-state index contributed by atoms with van der Waals surface area (Å²) in [5.74, 6) is 0. The van der Waals surface area contributed by atoms with Crippen LogP contribution in [0.1, 0.15) is 5.56 Å². The van der Waals surface area contributed by atoms with Crippen molar-refractivity contribution in [2.75, 3.05) is 5.32 Å². The first-order valence-electron chi connectivity index (χ1n) is 6.07. The zero-order valence-electron chi connectivity index (χ0n) is 11.5. The molecule has 0 aliphatic rings. The van der Waals surface area contributed by atoms with Crippen LogP contribution in [0, 0.1) is 40.9 Å². The van der Waals surface area contributed by atoms with Gasteiger partial charge in [0.05, 0.1) is 0 Å². The lowest BCUT2D eigenvalue weighted by molar-refractivity contribution is 0.491. The molecule has 0 bridgehead atoms. The molecule has 22 heavy (non-hydrogen) atoms. The van der Waals surface area contributed by atoms with Crippen LogP contribution in [0.2, 0.25) is 0 Å². The molecule has 0 unspecified atom stereocenters. The predicted molar refractivity (Wildman–Crippen MR) is 81.4 cm³/mol. The molecule has 0 amide bonds. The summed E-state index contributed by atoms with van der Waals surface area (Å²) in [6, 6.07) is 12.4. The highest BCUT2D eigenvalue weighted by molar-refractivity contribution is 7.17. The van der Waals surface area contributed by atoms with Crippen molar-refractivity contribution < 1.29 is 5.11 Å². The van der Waals surface area contributed by atoms with E-state index in [1.807, 2.05) is 31.2 Å². The lowest BCUT2D eigenvalue weighted by atomic mass is 10.1. The van der Waals surface area contributed by atoms with E-state index < -0.39 is 0 Å². The number of allylic oxidation sites excluding steroid dienone is 2. The van der Waals surface area contributed by atoms with E-state index in [1.54, 1.807) is 18.2 Å². The molecule has 0 aliphatic carbocycles. The summed E-state index contributed by atoms with van der Waals surface area (Å²) in [5, 5.41) is 39.3. The summed E-state index contributed by atoms with van der Waals surface area (Å²) >= 11 is 0.925. The van der Waals surface area contributed by atoms with E-state index in [-0.39, 0.29) is 21.5 Å². The molecule has 2 rings (SSSR count). The van der Waals surface area contributed by atoms with E-state index in [9.17, 15) is 5.11 Å². The number of hydrogen-bond acceptors (Lipinski definition) is 7. The number of nitrogens with zero attached hydrogens (tertiary/aromatic N) is 4. The number of aromatic nitrogens is 1. The van der Waals surface area contributed by atoms with Gasteiger partial charge < -0.3 is 10.4 Å². The van der Waals surface area contributed by atoms with Crippen LogP contribution in [0.5, 0.6) is 5.06 Å². The largest absolute Gasteiger partial charge is 0.498 e. The van der Waals surface area contributed by atoms with Crippen LogP contribution >= 0.6 is 11.3 Å². The van der Waals surface area contributed by atoms with Crippen molar-refractivity contribution in [2.45, 2.75) is 6.92 Å². The highest BCUT2D eigenvalue weighted by atomic mass is 32.1. The second-order valence-electron chi connectivity index (χ2n) is 4.25. The second-order valence-corrected chi connectivity index (χ2v) is 5.23. The van der Waals surface area contributed by atoms with Gasteiger partial charge in [-0.2, -0.15) is 15.8 Å². The Morgan fingerprint density at radius 2 is 1.77 bits per heavy atom. The first-order valence-corrected chi connectivity index (χ1v) is 6.89. The van der Waals surface area contributed by atoms with Gasteiger partial charge in [-0.05, 0) is 6.92 Å². The van der Waals surface area contributed by atoms with Gasteiger partial charge in [-0.25, -0.2) is 4.98 Å². The Kier molecular flexibility index (Phi) is 4.38. The summed E-state index contributed by atoms with van der Waals surface area (Å²) in [6.45, 7) is 1.95. The van der Waals surface area contributed by atoms with Crippen molar-refractivity contribution in [2.24, 2.45) is 0 Å². The Balaban J connectivity index is 2.38. The summed E-state index contributed by atoms with van der Waals surface area (Å²) in [4.78, 5) is 4.20. The molecule has 1 aromatic carbocycles. The van der Waals surface area contributed by atoms with E-state index in [2.05, 4.69) is 10.3 Å². The minimum Gasteiger partial charge on any atom is -0.498 e. The molecular formula is C15H9N5OS. The summed E-state index contributed by atoms with van der Waals surface area (Å²) in [6.07, 6.45) is 0. The number of nitriles is 3. The van der Waals surface area contributed by atoms with Gasteiger partial charge in [-0.15, -0.1) is 0 Å². The van der Waals surface area contributed by atoms with Gasteiger partial charge in [0.2, 0.25) is 5.06 Å². The molecule has 7 heteroatoms. The first kappa shape index (κ1) is 15.1. The zero-order chi connectivity index (χ0) is 16.1. The molecule has 0 spiro atoms. The Morgan fingerprint density at radius 3 is 2.32 bits per heavy atom. The van der Waals surface area contributed by atoms with Gasteiger partial charge in [-0.3, -0.25) is 0 Å². The molecule has 2 aromatic rings. The van der Waals surface area contributed by atoms with E-state index in [0.717, 1.165) is 22.5 Å². The van der Waals surface area contributed by atoms with Crippen molar-refractivity contribution in [1.29, 1.82) is 15.8 Å². The van der Waals surface area contributed by atoms with Gasteiger partial charge in [0.25, 0.3) is 0 Å². The van der Waals surface area contributed by atoms with Crippen molar-refractivity contribution >= 4 is 16.5 Å². The van der Waals surface area contributed by atoms with Crippen LogP contribution in [-0.2, 0) is 0 Å². The molecular weight excluding hydrogens is 298 g/mol. The molecule has 0 saturated carbocycles. The van der Waals surface area contributed by atoms with Gasteiger partial charge >= 0.3 is 0 Å². The quantitative estimate of drug-likeness (QED) is 0.842. The molecule has 0 radical (unpaired) electrons. The average Bonchev–Trinajstić information content (AvgIpc) is 2.88. The van der Waals surface area contributed by atoms with Gasteiger partial charge in [0.15, 0.2) is 10.7 Å². The third kappa shape index (κ3) is 3.04. The SMILES string of the molecule is Cc1ccc(-c2nc(NC(C#N)=C(C#N)C#N)sc2O)cc1. The van der Waals surface area contributed by atoms with E-state index in [4.69, 9.17) is 15.8 Å². The fourth-order valence-corrected chi connectivity index (χ4v) is 2.39. The van der Waals surface area contributed by atoms with E-state index in [1.165, 1.54) is 0 Å². The highest BCUT2D eigenvalue weighted by Gasteiger charge is 2.14. The zero-order valence-corrected chi connectivity index (χ0v) is 12.3. The molecule has 1 heterocycles.